The van der Waals surface area contributed by atoms with Crippen LogP contribution in [0.2, 0.25) is 0 Å². The number of hydrogen-bond acceptors (Lipinski definition) is 2. The Balaban J connectivity index is 2.70. The van der Waals surface area contributed by atoms with Crippen LogP contribution in [0.25, 0.3) is 0 Å². The summed E-state index contributed by atoms with van der Waals surface area (Å²) in [6.45, 7) is 7.63. The van der Waals surface area contributed by atoms with E-state index in [-0.39, 0.29) is 11.4 Å². The maximum Gasteiger partial charge on any atom is 0.191 e. The first-order valence-corrected chi connectivity index (χ1v) is 5.17. The van der Waals surface area contributed by atoms with Crippen LogP contribution < -0.4 is 0 Å². The molecule has 15 heavy (non-hydrogen) atoms. The van der Waals surface area contributed by atoms with E-state index in [1.807, 2.05) is 51.1 Å². The lowest BCUT2D eigenvalue weighted by Crippen LogP contribution is -2.31. The number of carbonyl (C=O) groups is 1. The van der Waals surface area contributed by atoms with Gasteiger partial charge in [-0.3, -0.25) is 4.79 Å². The monoisotopic (exact) mass is 206 g/mol. The van der Waals surface area contributed by atoms with Gasteiger partial charge in [-0.05, 0) is 27.7 Å². The van der Waals surface area contributed by atoms with E-state index in [2.05, 4.69) is 0 Å². The molecule has 1 rings (SSSR count). The summed E-state index contributed by atoms with van der Waals surface area (Å²) >= 11 is 0. The SMILES string of the molecule is CC(OC(C)(C)C)C(=O)c1ccccc1. The van der Waals surface area contributed by atoms with Gasteiger partial charge in [0.25, 0.3) is 0 Å². The molecule has 1 atom stereocenters. The van der Waals surface area contributed by atoms with E-state index in [9.17, 15) is 4.79 Å². The standard InChI is InChI=1S/C13H18O2/c1-10(15-13(2,3)4)12(14)11-8-6-5-7-9-11/h5-10H,1-4H3. The zero-order valence-corrected chi connectivity index (χ0v) is 9.78. The van der Waals surface area contributed by atoms with Crippen molar-refractivity contribution in [3.8, 4) is 0 Å². The number of hydrogen-bond donors (Lipinski definition) is 0. The largest absolute Gasteiger partial charge is 0.365 e. The summed E-state index contributed by atoms with van der Waals surface area (Å²) in [5.74, 6) is 0.0329. The zero-order chi connectivity index (χ0) is 11.5. The number of Topliss-reactive ketones (excluding diaryl/α,β-unsaturated/α-hetero) is 1. The van der Waals surface area contributed by atoms with E-state index in [1.165, 1.54) is 0 Å². The molecule has 0 aromatic heterocycles. The van der Waals surface area contributed by atoms with Crippen LogP contribution in [0.3, 0.4) is 0 Å². The van der Waals surface area contributed by atoms with E-state index in [4.69, 9.17) is 4.74 Å². The first-order chi connectivity index (χ1) is 6.90. The van der Waals surface area contributed by atoms with Crippen molar-refractivity contribution in [3.05, 3.63) is 35.9 Å². The first kappa shape index (κ1) is 11.9. The molecule has 0 saturated heterocycles. The molecule has 1 unspecified atom stereocenters. The fourth-order valence-electron chi connectivity index (χ4n) is 1.42. The van der Waals surface area contributed by atoms with E-state index in [0.717, 1.165) is 0 Å². The van der Waals surface area contributed by atoms with E-state index >= 15 is 0 Å². The molecular weight excluding hydrogens is 188 g/mol. The van der Waals surface area contributed by atoms with Gasteiger partial charge in [0.1, 0.15) is 6.10 Å². The van der Waals surface area contributed by atoms with E-state index in [0.29, 0.717) is 5.56 Å². The van der Waals surface area contributed by atoms with E-state index in [1.54, 1.807) is 6.92 Å². The van der Waals surface area contributed by atoms with Crippen LogP contribution in [0.5, 0.6) is 0 Å². The third-order valence-corrected chi connectivity index (χ3v) is 1.96. The summed E-state index contributed by atoms with van der Waals surface area (Å²) in [6.07, 6.45) is -0.396. The molecule has 0 saturated carbocycles. The molecule has 0 aliphatic carbocycles. The van der Waals surface area contributed by atoms with Gasteiger partial charge in [-0.15, -0.1) is 0 Å². The molecule has 1 aromatic rings. The molecule has 0 N–H and O–H groups in total. The summed E-state index contributed by atoms with van der Waals surface area (Å²) in [5.41, 5.74) is 0.415. The Morgan fingerprint density at radius 2 is 1.73 bits per heavy atom. The van der Waals surface area contributed by atoms with Gasteiger partial charge in [0.15, 0.2) is 5.78 Å². The first-order valence-electron chi connectivity index (χ1n) is 5.17. The van der Waals surface area contributed by atoms with Crippen LogP contribution in [0.1, 0.15) is 38.1 Å². The Kier molecular flexibility index (Phi) is 3.64. The lowest BCUT2D eigenvalue weighted by Gasteiger charge is -2.24. The molecule has 82 valence electrons. The number of ketones is 1. The molecule has 0 heterocycles. The molecule has 0 fully saturated rings. The molecule has 0 aliphatic rings. The predicted octanol–water partition coefficient (Wildman–Crippen LogP) is 3.07. The third-order valence-electron chi connectivity index (χ3n) is 1.96. The van der Waals surface area contributed by atoms with Gasteiger partial charge in [0.05, 0.1) is 5.60 Å². The molecule has 0 bridgehead atoms. The molecule has 1 aromatic carbocycles. The Bertz CT molecular complexity index is 322. The lowest BCUT2D eigenvalue weighted by atomic mass is 10.1. The minimum atomic E-state index is -0.396. The highest BCUT2D eigenvalue weighted by Crippen LogP contribution is 2.14. The third kappa shape index (κ3) is 3.84. The molecule has 0 amide bonds. The highest BCUT2D eigenvalue weighted by Gasteiger charge is 2.21. The summed E-state index contributed by atoms with van der Waals surface area (Å²) in [6, 6.07) is 9.23. The number of rotatable bonds is 3. The lowest BCUT2D eigenvalue weighted by molar-refractivity contribution is -0.0381. The summed E-state index contributed by atoms with van der Waals surface area (Å²) < 4.78 is 5.60. The van der Waals surface area contributed by atoms with Crippen molar-refractivity contribution in [1.29, 1.82) is 0 Å². The minimum Gasteiger partial charge on any atom is -0.365 e. The second-order valence-electron chi connectivity index (χ2n) is 4.60. The van der Waals surface area contributed by atoms with Crippen molar-refractivity contribution >= 4 is 5.78 Å². The molecule has 0 aliphatic heterocycles. The van der Waals surface area contributed by atoms with Gasteiger partial charge in [0.2, 0.25) is 0 Å². The molecule has 2 nitrogen and oxygen atoms in total. The predicted molar refractivity (Wildman–Crippen MR) is 61.1 cm³/mol. The van der Waals surface area contributed by atoms with Crippen LogP contribution in [-0.4, -0.2) is 17.5 Å². The maximum atomic E-state index is 11.9. The average Bonchev–Trinajstić information content (AvgIpc) is 2.15. The van der Waals surface area contributed by atoms with Crippen molar-refractivity contribution in [2.24, 2.45) is 0 Å². The van der Waals surface area contributed by atoms with Crippen molar-refractivity contribution < 1.29 is 9.53 Å². The Hall–Kier alpha value is -1.15. The normalized spacial score (nSPS) is 13.6. The van der Waals surface area contributed by atoms with Crippen molar-refractivity contribution in [1.82, 2.24) is 0 Å². The van der Waals surface area contributed by atoms with Gasteiger partial charge in [-0.25, -0.2) is 0 Å². The zero-order valence-electron chi connectivity index (χ0n) is 9.78. The number of ether oxygens (including phenoxy) is 1. The van der Waals surface area contributed by atoms with Gasteiger partial charge in [-0.2, -0.15) is 0 Å². The molecule has 2 heteroatoms. The van der Waals surface area contributed by atoms with Crippen LogP contribution in [0.4, 0.5) is 0 Å². The van der Waals surface area contributed by atoms with Crippen LogP contribution in [-0.2, 0) is 4.74 Å². The smallest absolute Gasteiger partial charge is 0.191 e. The molecule has 0 radical (unpaired) electrons. The van der Waals surface area contributed by atoms with Crippen LogP contribution >= 0.6 is 0 Å². The second-order valence-corrected chi connectivity index (χ2v) is 4.60. The maximum absolute atomic E-state index is 11.9. The highest BCUT2D eigenvalue weighted by atomic mass is 16.5. The fourth-order valence-corrected chi connectivity index (χ4v) is 1.42. The van der Waals surface area contributed by atoms with Crippen molar-refractivity contribution in [2.75, 3.05) is 0 Å². The van der Waals surface area contributed by atoms with Crippen LogP contribution in [0, 0.1) is 0 Å². The number of benzene rings is 1. The van der Waals surface area contributed by atoms with Gasteiger partial charge < -0.3 is 4.74 Å². The Morgan fingerprint density at radius 3 is 2.20 bits per heavy atom. The summed E-state index contributed by atoms with van der Waals surface area (Å²) in [4.78, 5) is 11.9. The highest BCUT2D eigenvalue weighted by molar-refractivity contribution is 5.99. The Morgan fingerprint density at radius 1 is 1.20 bits per heavy atom. The minimum absolute atomic E-state index is 0.0329. The molecular formula is C13H18O2. The average molecular weight is 206 g/mol. The van der Waals surface area contributed by atoms with E-state index < -0.39 is 6.10 Å². The van der Waals surface area contributed by atoms with Crippen molar-refractivity contribution in [2.45, 2.75) is 39.4 Å². The van der Waals surface area contributed by atoms with Crippen LogP contribution in [0.15, 0.2) is 30.3 Å². The molecule has 0 spiro atoms. The topological polar surface area (TPSA) is 26.3 Å². The fraction of sp³-hybridized carbons (Fsp3) is 0.462. The van der Waals surface area contributed by atoms with Gasteiger partial charge in [0, 0.05) is 5.56 Å². The van der Waals surface area contributed by atoms with Gasteiger partial charge in [-0.1, -0.05) is 30.3 Å². The summed E-state index contributed by atoms with van der Waals surface area (Å²) in [5, 5.41) is 0. The van der Waals surface area contributed by atoms with Crippen molar-refractivity contribution in [3.63, 3.8) is 0 Å². The van der Waals surface area contributed by atoms with Gasteiger partial charge >= 0.3 is 0 Å². The number of carbonyl (C=O) groups excluding carboxylic acids is 1. The Labute approximate surface area is 91.3 Å². The summed E-state index contributed by atoms with van der Waals surface area (Å²) in [7, 11) is 0. The second kappa shape index (κ2) is 4.58. The quantitative estimate of drug-likeness (QED) is 0.710.